The number of carbonyl (C=O) groups excluding carboxylic acids is 2. The van der Waals surface area contributed by atoms with Crippen LogP contribution in [-0.2, 0) is 11.3 Å². The Morgan fingerprint density at radius 3 is 2.57 bits per heavy atom. The Morgan fingerprint density at radius 1 is 1.27 bits per heavy atom. The minimum atomic E-state index is -0.534. The van der Waals surface area contributed by atoms with Crippen molar-refractivity contribution in [2.45, 2.75) is 51.9 Å². The van der Waals surface area contributed by atoms with E-state index >= 15 is 0 Å². The number of hydrazone groups is 1. The van der Waals surface area contributed by atoms with Crippen LogP contribution in [-0.4, -0.2) is 75.5 Å². The zero-order valence-electron chi connectivity index (χ0n) is 17.7. The number of hydrogen-bond donors (Lipinski definition) is 1. The van der Waals surface area contributed by atoms with Gasteiger partial charge in [-0.2, -0.15) is 5.10 Å². The Labute approximate surface area is 175 Å². The number of rotatable bonds is 4. The Hall–Kier alpha value is -2.78. The lowest BCUT2D eigenvalue weighted by Gasteiger charge is -2.45. The van der Waals surface area contributed by atoms with E-state index in [1.165, 1.54) is 17.0 Å². The molecule has 1 aromatic carbocycles. The van der Waals surface area contributed by atoms with Crippen molar-refractivity contribution in [2.75, 3.05) is 13.6 Å². The van der Waals surface area contributed by atoms with Gasteiger partial charge in [-0.15, -0.1) is 0 Å². The summed E-state index contributed by atoms with van der Waals surface area (Å²) in [6.45, 7) is 10.2. The highest BCUT2D eigenvalue weighted by atomic mass is 19.1. The van der Waals surface area contributed by atoms with Crippen molar-refractivity contribution in [3.63, 3.8) is 0 Å². The number of hydrogen-bond acceptors (Lipinski definition) is 6. The third-order valence-corrected chi connectivity index (χ3v) is 6.00. The second kappa shape index (κ2) is 7.48. The van der Waals surface area contributed by atoms with Gasteiger partial charge in [-0.25, -0.2) is 14.1 Å². The third kappa shape index (κ3) is 3.27. The summed E-state index contributed by atoms with van der Waals surface area (Å²) in [5, 5.41) is 10.0. The summed E-state index contributed by atoms with van der Waals surface area (Å²) in [6.07, 6.45) is -0.830. The largest absolute Gasteiger partial charge is 0.328 e. The molecule has 2 saturated heterocycles. The highest BCUT2D eigenvalue weighted by Crippen LogP contribution is 2.33. The van der Waals surface area contributed by atoms with Gasteiger partial charge in [0.15, 0.2) is 6.29 Å². The van der Waals surface area contributed by atoms with Gasteiger partial charge in [-0.1, -0.05) is 24.3 Å². The van der Waals surface area contributed by atoms with Gasteiger partial charge in [0, 0.05) is 7.05 Å². The first-order chi connectivity index (χ1) is 14.2. The van der Waals surface area contributed by atoms with Crippen LogP contribution in [0.2, 0.25) is 0 Å². The summed E-state index contributed by atoms with van der Waals surface area (Å²) < 4.78 is 13.3. The Balaban J connectivity index is 1.67. The van der Waals surface area contributed by atoms with Crippen LogP contribution < -0.4 is 5.32 Å². The molecule has 160 valence electrons. The molecule has 2 fully saturated rings. The summed E-state index contributed by atoms with van der Waals surface area (Å²) in [5.74, 6) is -0.523. The van der Waals surface area contributed by atoms with Crippen LogP contribution in [0.15, 0.2) is 41.5 Å². The number of urea groups is 1. The van der Waals surface area contributed by atoms with Crippen LogP contribution in [0.25, 0.3) is 0 Å². The number of nitrogens with zero attached hydrogens (tertiary/aromatic N) is 5. The van der Waals surface area contributed by atoms with Crippen LogP contribution in [0.5, 0.6) is 0 Å². The fourth-order valence-corrected chi connectivity index (χ4v) is 4.36. The van der Waals surface area contributed by atoms with E-state index < -0.39 is 12.2 Å². The molecule has 3 heterocycles. The predicted octanol–water partition coefficient (Wildman–Crippen LogP) is 1.76. The molecule has 0 radical (unpaired) electrons. The highest BCUT2D eigenvalue weighted by molar-refractivity contribution is 6.01. The lowest BCUT2D eigenvalue weighted by atomic mass is 10.1. The van der Waals surface area contributed by atoms with E-state index in [1.54, 1.807) is 31.0 Å². The number of fused-ring (bicyclic) bond motifs is 3. The smallest absolute Gasteiger partial charge is 0.310 e. The van der Waals surface area contributed by atoms with Crippen LogP contribution in [0.1, 0.15) is 26.3 Å². The molecule has 4 atom stereocenters. The zero-order valence-corrected chi connectivity index (χ0v) is 17.7. The molecule has 3 aliphatic heterocycles. The van der Waals surface area contributed by atoms with E-state index in [2.05, 4.69) is 16.8 Å². The van der Waals surface area contributed by atoms with E-state index in [9.17, 15) is 14.0 Å². The first-order valence-electron chi connectivity index (χ1n) is 10.0. The molecule has 30 heavy (non-hydrogen) atoms. The average molecular weight is 414 g/mol. The Kier molecular flexibility index (Phi) is 5.11. The van der Waals surface area contributed by atoms with Gasteiger partial charge in [-0.05, 0) is 38.5 Å². The van der Waals surface area contributed by atoms with E-state index in [0.717, 1.165) is 16.8 Å². The number of amides is 3. The molecule has 1 aromatic rings. The number of carbonyl (C=O) groups is 2. The maximum Gasteiger partial charge on any atom is 0.328 e. The van der Waals surface area contributed by atoms with Crippen molar-refractivity contribution in [1.29, 1.82) is 0 Å². The van der Waals surface area contributed by atoms with Crippen molar-refractivity contribution in [3.8, 4) is 0 Å². The molecule has 3 amide bonds. The molecule has 0 aliphatic carbocycles. The predicted molar refractivity (Wildman–Crippen MR) is 111 cm³/mol. The van der Waals surface area contributed by atoms with E-state index in [0.29, 0.717) is 6.54 Å². The minimum Gasteiger partial charge on any atom is -0.310 e. The topological polar surface area (TPSA) is 71.5 Å². The molecule has 3 aliphatic rings. The van der Waals surface area contributed by atoms with E-state index in [-0.39, 0.29) is 36.6 Å². The first-order valence-corrected chi connectivity index (χ1v) is 10.0. The van der Waals surface area contributed by atoms with Crippen molar-refractivity contribution < 1.29 is 14.0 Å². The molecule has 4 rings (SSSR count). The van der Waals surface area contributed by atoms with Crippen molar-refractivity contribution in [2.24, 2.45) is 5.10 Å². The van der Waals surface area contributed by atoms with E-state index in [1.807, 2.05) is 18.9 Å². The average Bonchev–Trinajstić information content (AvgIpc) is 3.10. The van der Waals surface area contributed by atoms with Crippen LogP contribution in [0, 0.1) is 5.82 Å². The lowest BCUT2D eigenvalue weighted by molar-refractivity contribution is -0.139. The monoisotopic (exact) mass is 414 g/mol. The van der Waals surface area contributed by atoms with Gasteiger partial charge in [0.2, 0.25) is 0 Å². The van der Waals surface area contributed by atoms with Gasteiger partial charge in [-0.3, -0.25) is 20.0 Å². The molecular weight excluding hydrogens is 387 g/mol. The molecule has 4 unspecified atom stereocenters. The highest BCUT2D eigenvalue weighted by Gasteiger charge is 2.57. The quantitative estimate of drug-likeness (QED) is 0.761. The second-order valence-corrected chi connectivity index (χ2v) is 8.29. The summed E-state index contributed by atoms with van der Waals surface area (Å²) in [6, 6.07) is 5.33. The molecule has 0 bridgehead atoms. The molecule has 8 nitrogen and oxygen atoms in total. The van der Waals surface area contributed by atoms with Gasteiger partial charge in [0.1, 0.15) is 18.0 Å². The minimum absolute atomic E-state index is 0.0841. The number of likely N-dealkylation sites (N-methyl/N-ethyl adjacent to an activating group) is 1. The van der Waals surface area contributed by atoms with Crippen molar-refractivity contribution >= 4 is 17.6 Å². The summed E-state index contributed by atoms with van der Waals surface area (Å²) in [5.41, 5.74) is 2.52. The number of nitrogens with one attached hydrogen (secondary N) is 1. The lowest BCUT2D eigenvalue weighted by Crippen LogP contribution is -2.67. The summed E-state index contributed by atoms with van der Waals surface area (Å²) in [7, 11) is 1.70. The number of benzene rings is 1. The fourth-order valence-electron chi connectivity index (χ4n) is 4.36. The maximum atomic E-state index is 13.4. The SMILES string of the molecule is C=C(C)CN1C(=O)C2C(NC3N(Cc4ccc(F)cc4)N=C(C)C(C)N23)N(C)C1=O. The Bertz CT molecular complexity index is 917. The fraction of sp³-hybridized carbons (Fsp3) is 0.476. The van der Waals surface area contributed by atoms with Crippen molar-refractivity contribution in [1.82, 2.24) is 25.0 Å². The molecule has 1 N–H and O–H groups in total. The maximum absolute atomic E-state index is 13.4. The number of imide groups is 1. The van der Waals surface area contributed by atoms with Gasteiger partial charge >= 0.3 is 6.03 Å². The normalized spacial score (nSPS) is 29.1. The van der Waals surface area contributed by atoms with Crippen LogP contribution in [0.4, 0.5) is 9.18 Å². The standard InChI is InChI=1S/C21H27FN6O2/c1-12(2)10-26-19(29)17-18(25(5)21(26)30)23-20-27(24-13(3)14(4)28(17)20)11-15-6-8-16(22)9-7-15/h6-9,14,17-18,20,23H,1,10-11H2,2-5H3. The molecular formula is C21H27FN6O2. The summed E-state index contributed by atoms with van der Waals surface area (Å²) >= 11 is 0. The van der Waals surface area contributed by atoms with Gasteiger partial charge < -0.3 is 4.90 Å². The first kappa shape index (κ1) is 20.5. The van der Waals surface area contributed by atoms with Crippen molar-refractivity contribution in [3.05, 3.63) is 47.8 Å². The second-order valence-electron chi connectivity index (χ2n) is 8.29. The van der Waals surface area contributed by atoms with Crippen LogP contribution in [0.3, 0.4) is 0 Å². The molecule has 0 aromatic heterocycles. The third-order valence-electron chi connectivity index (χ3n) is 6.00. The molecule has 0 saturated carbocycles. The zero-order chi connectivity index (χ0) is 21.7. The molecule has 9 heteroatoms. The summed E-state index contributed by atoms with van der Waals surface area (Å²) in [4.78, 5) is 31.1. The Morgan fingerprint density at radius 2 is 1.93 bits per heavy atom. The van der Waals surface area contributed by atoms with Crippen LogP contribution >= 0.6 is 0 Å². The van der Waals surface area contributed by atoms with Gasteiger partial charge in [0.05, 0.1) is 24.8 Å². The molecule has 0 spiro atoms. The van der Waals surface area contributed by atoms with Gasteiger partial charge in [0.25, 0.3) is 5.91 Å². The number of halogens is 1. The van der Waals surface area contributed by atoms with E-state index in [4.69, 9.17) is 5.10 Å².